The smallest absolute Gasteiger partial charge is 0.328 e. The van der Waals surface area contributed by atoms with Crippen LogP contribution in [0.2, 0.25) is 0 Å². The highest BCUT2D eigenvalue weighted by Gasteiger charge is 2.48. The molecule has 0 saturated carbocycles. The van der Waals surface area contributed by atoms with Crippen molar-refractivity contribution < 1.29 is 28.7 Å². The lowest BCUT2D eigenvalue weighted by Gasteiger charge is -2.31. The van der Waals surface area contributed by atoms with Gasteiger partial charge in [0.2, 0.25) is 5.91 Å². The molecule has 9 heteroatoms. The molecular formula is C28H45N3O6. The number of rotatable bonds is 12. The number of benzene rings is 1. The van der Waals surface area contributed by atoms with Gasteiger partial charge >= 0.3 is 11.9 Å². The van der Waals surface area contributed by atoms with Gasteiger partial charge in [-0.25, -0.2) is 4.79 Å². The Kier molecular flexibility index (Phi) is 11.5. The van der Waals surface area contributed by atoms with Crippen molar-refractivity contribution in [1.29, 1.82) is 0 Å². The number of ether oxygens (including phenoxy) is 2. The molecule has 1 fully saturated rings. The first-order valence-electron chi connectivity index (χ1n) is 13.2. The van der Waals surface area contributed by atoms with E-state index in [4.69, 9.17) is 20.0 Å². The van der Waals surface area contributed by atoms with Gasteiger partial charge in [-0.05, 0) is 51.1 Å². The molecule has 3 unspecified atom stereocenters. The summed E-state index contributed by atoms with van der Waals surface area (Å²) in [6.45, 7) is 12.3. The lowest BCUT2D eigenvalue weighted by Crippen LogP contribution is -2.51. The molecule has 37 heavy (non-hydrogen) atoms. The van der Waals surface area contributed by atoms with Crippen LogP contribution < -0.4 is 11.1 Å². The van der Waals surface area contributed by atoms with E-state index >= 15 is 0 Å². The molecule has 3 N–H and O–H groups in total. The third-order valence-electron chi connectivity index (χ3n) is 6.74. The Hall–Kier alpha value is -2.49. The second kappa shape index (κ2) is 13.9. The predicted molar refractivity (Wildman–Crippen MR) is 141 cm³/mol. The molecule has 0 aliphatic carbocycles. The van der Waals surface area contributed by atoms with Crippen LogP contribution in [-0.4, -0.2) is 60.9 Å². The van der Waals surface area contributed by atoms with E-state index in [9.17, 15) is 14.4 Å². The van der Waals surface area contributed by atoms with Gasteiger partial charge in [0.25, 0.3) is 0 Å². The number of nitrogens with one attached hydrogen (secondary N) is 1. The molecule has 1 saturated heterocycles. The summed E-state index contributed by atoms with van der Waals surface area (Å²) in [4.78, 5) is 45.8. The van der Waals surface area contributed by atoms with Crippen LogP contribution in [0.4, 0.5) is 0 Å². The highest BCUT2D eigenvalue weighted by Crippen LogP contribution is 2.33. The summed E-state index contributed by atoms with van der Waals surface area (Å²) in [7, 11) is 1.31. The zero-order valence-electron chi connectivity index (χ0n) is 23.4. The number of carbonyl (C=O) groups is 3. The van der Waals surface area contributed by atoms with Crippen molar-refractivity contribution >= 4 is 17.8 Å². The molecule has 208 valence electrons. The highest BCUT2D eigenvalue weighted by molar-refractivity contribution is 5.87. The molecule has 0 bridgehead atoms. The molecule has 1 aliphatic rings. The van der Waals surface area contributed by atoms with Crippen molar-refractivity contribution in [2.75, 3.05) is 20.2 Å². The Morgan fingerprint density at radius 2 is 1.81 bits per heavy atom. The maximum absolute atomic E-state index is 13.7. The van der Waals surface area contributed by atoms with E-state index in [0.29, 0.717) is 25.9 Å². The molecule has 1 amide bonds. The van der Waals surface area contributed by atoms with E-state index in [-0.39, 0.29) is 24.3 Å². The average molecular weight is 520 g/mol. The van der Waals surface area contributed by atoms with Gasteiger partial charge in [-0.2, -0.15) is 5.06 Å². The Labute approximate surface area is 221 Å². The van der Waals surface area contributed by atoms with Gasteiger partial charge in [0.05, 0.1) is 18.9 Å². The van der Waals surface area contributed by atoms with Crippen LogP contribution in [0.1, 0.15) is 59.9 Å². The highest BCUT2D eigenvalue weighted by atomic mass is 16.7. The Morgan fingerprint density at radius 3 is 2.35 bits per heavy atom. The fraction of sp³-hybridized carbons (Fsp3) is 0.679. The molecule has 1 aliphatic heterocycles. The number of nitrogens with zero attached hydrogens (tertiary/aromatic N) is 1. The fourth-order valence-electron chi connectivity index (χ4n) is 4.41. The SMILES string of the molecule is CC[C@H](C)[C@H](NC(=O)C1CN(Cc2ccccc2)OC1C(C[C@H](C)CN)C(=O)OC(C)(C)C)C(=O)OC. The predicted octanol–water partition coefficient (Wildman–Crippen LogP) is 3.07. The molecule has 1 aromatic carbocycles. The van der Waals surface area contributed by atoms with Gasteiger partial charge in [0.15, 0.2) is 0 Å². The van der Waals surface area contributed by atoms with E-state index in [0.717, 1.165) is 5.56 Å². The molecule has 1 heterocycles. The van der Waals surface area contributed by atoms with Crippen LogP contribution in [0, 0.1) is 23.7 Å². The van der Waals surface area contributed by atoms with Crippen LogP contribution in [0.25, 0.3) is 0 Å². The Bertz CT molecular complexity index is 888. The van der Waals surface area contributed by atoms with Gasteiger partial charge in [-0.3, -0.25) is 14.4 Å². The first-order valence-corrected chi connectivity index (χ1v) is 13.2. The van der Waals surface area contributed by atoms with Crippen LogP contribution in [0.5, 0.6) is 0 Å². The molecule has 1 aromatic rings. The van der Waals surface area contributed by atoms with E-state index in [1.165, 1.54) is 7.11 Å². The largest absolute Gasteiger partial charge is 0.467 e. The zero-order chi connectivity index (χ0) is 27.8. The number of esters is 2. The monoisotopic (exact) mass is 519 g/mol. The van der Waals surface area contributed by atoms with Crippen LogP contribution in [0.15, 0.2) is 30.3 Å². The van der Waals surface area contributed by atoms with Crippen molar-refractivity contribution in [3.8, 4) is 0 Å². The number of nitrogens with two attached hydrogens (primary N) is 1. The van der Waals surface area contributed by atoms with E-state index in [1.54, 1.807) is 5.06 Å². The summed E-state index contributed by atoms with van der Waals surface area (Å²) >= 11 is 0. The van der Waals surface area contributed by atoms with Crippen LogP contribution in [0.3, 0.4) is 0 Å². The number of hydroxylamine groups is 2. The minimum absolute atomic E-state index is 0.0101. The van der Waals surface area contributed by atoms with Gasteiger partial charge in [0, 0.05) is 13.1 Å². The fourth-order valence-corrected chi connectivity index (χ4v) is 4.41. The van der Waals surface area contributed by atoms with Gasteiger partial charge in [-0.15, -0.1) is 0 Å². The van der Waals surface area contributed by atoms with Crippen molar-refractivity contribution in [2.45, 2.75) is 78.7 Å². The second-order valence-corrected chi connectivity index (χ2v) is 11.1. The lowest BCUT2D eigenvalue weighted by molar-refractivity contribution is -0.190. The third-order valence-corrected chi connectivity index (χ3v) is 6.74. The van der Waals surface area contributed by atoms with Crippen LogP contribution in [-0.2, 0) is 35.2 Å². The molecular weight excluding hydrogens is 474 g/mol. The molecule has 6 atom stereocenters. The lowest BCUT2D eigenvalue weighted by atomic mass is 9.84. The zero-order valence-corrected chi connectivity index (χ0v) is 23.4. The number of carbonyl (C=O) groups excluding carboxylic acids is 3. The maximum Gasteiger partial charge on any atom is 0.328 e. The standard InChI is InChI=1S/C28H45N3O6/c1-8-19(3)23(27(34)35-7)30-25(32)22-17-31(16-20-12-10-9-11-13-20)37-24(22)21(14-18(2)15-29)26(33)36-28(4,5)6/h9-13,18-19,21-24H,8,14-17,29H2,1-7H3,(H,30,32)/t18-,19-,21?,22?,23-,24?/m0/s1. The van der Waals surface area contributed by atoms with E-state index < -0.39 is 41.5 Å². The average Bonchev–Trinajstić information content (AvgIpc) is 3.27. The van der Waals surface area contributed by atoms with Crippen molar-refractivity contribution in [3.63, 3.8) is 0 Å². The molecule has 0 radical (unpaired) electrons. The molecule has 0 spiro atoms. The number of amides is 1. The second-order valence-electron chi connectivity index (χ2n) is 11.1. The number of methoxy groups -OCH3 is 1. The topological polar surface area (TPSA) is 120 Å². The molecule has 2 rings (SSSR count). The Balaban J connectivity index is 2.39. The summed E-state index contributed by atoms with van der Waals surface area (Å²) in [5.41, 5.74) is 6.21. The third kappa shape index (κ3) is 9.09. The van der Waals surface area contributed by atoms with E-state index in [2.05, 4.69) is 5.32 Å². The summed E-state index contributed by atoms with van der Waals surface area (Å²) in [5.74, 6) is -2.82. The molecule has 0 aromatic heterocycles. The van der Waals surface area contributed by atoms with Crippen molar-refractivity contribution in [2.24, 2.45) is 29.4 Å². The minimum Gasteiger partial charge on any atom is -0.467 e. The summed E-state index contributed by atoms with van der Waals surface area (Å²) in [6.07, 6.45) is 0.312. The first kappa shape index (κ1) is 30.7. The Morgan fingerprint density at radius 1 is 1.16 bits per heavy atom. The maximum atomic E-state index is 13.7. The number of hydrogen-bond donors (Lipinski definition) is 2. The van der Waals surface area contributed by atoms with Crippen molar-refractivity contribution in [3.05, 3.63) is 35.9 Å². The summed E-state index contributed by atoms with van der Waals surface area (Å²) < 4.78 is 10.7. The summed E-state index contributed by atoms with van der Waals surface area (Å²) in [6, 6.07) is 8.96. The number of hydrogen-bond acceptors (Lipinski definition) is 8. The van der Waals surface area contributed by atoms with Gasteiger partial charge < -0.3 is 20.5 Å². The summed E-state index contributed by atoms with van der Waals surface area (Å²) in [5, 5.41) is 4.60. The minimum atomic E-state index is -0.797. The molecule has 9 nitrogen and oxygen atoms in total. The van der Waals surface area contributed by atoms with Crippen LogP contribution >= 0.6 is 0 Å². The van der Waals surface area contributed by atoms with Crippen molar-refractivity contribution in [1.82, 2.24) is 10.4 Å². The van der Waals surface area contributed by atoms with Gasteiger partial charge in [-0.1, -0.05) is 57.5 Å². The van der Waals surface area contributed by atoms with Gasteiger partial charge in [0.1, 0.15) is 17.7 Å². The quantitative estimate of drug-likeness (QED) is 0.404. The first-order chi connectivity index (χ1) is 17.4. The van der Waals surface area contributed by atoms with E-state index in [1.807, 2.05) is 71.9 Å². The normalized spacial score (nSPS) is 21.5.